The first kappa shape index (κ1) is 13.1. The fourth-order valence-corrected chi connectivity index (χ4v) is 2.21. The number of anilines is 2. The number of hydrogen-bond acceptors (Lipinski definition) is 4. The summed E-state index contributed by atoms with van der Waals surface area (Å²) in [5, 5.41) is 3.01. The van der Waals surface area contributed by atoms with Gasteiger partial charge < -0.3 is 10.1 Å². The first-order chi connectivity index (χ1) is 10.2. The van der Waals surface area contributed by atoms with Crippen molar-refractivity contribution in [2.24, 2.45) is 0 Å². The number of nitrogens with one attached hydrogen (secondary N) is 1. The maximum atomic E-state index is 11.8. The van der Waals surface area contributed by atoms with Crippen molar-refractivity contribution in [2.45, 2.75) is 0 Å². The van der Waals surface area contributed by atoms with E-state index in [9.17, 15) is 9.59 Å². The van der Waals surface area contributed by atoms with Gasteiger partial charge in [0.2, 0.25) is 5.43 Å². The predicted octanol–water partition coefficient (Wildman–Crippen LogP) is 2.70. The molecule has 0 amide bonds. The molecule has 0 aliphatic rings. The van der Waals surface area contributed by atoms with Crippen molar-refractivity contribution in [3.8, 4) is 16.9 Å². The summed E-state index contributed by atoms with van der Waals surface area (Å²) in [5.74, 6) is 0.704. The second-order valence-electron chi connectivity index (χ2n) is 4.63. The van der Waals surface area contributed by atoms with Crippen LogP contribution in [0.15, 0.2) is 64.2 Å². The molecule has 4 heteroatoms. The lowest BCUT2D eigenvalue weighted by molar-refractivity contribution is 0.415. The van der Waals surface area contributed by atoms with Crippen molar-refractivity contribution in [1.82, 2.24) is 0 Å². The summed E-state index contributed by atoms with van der Waals surface area (Å²) >= 11 is 0. The van der Waals surface area contributed by atoms with E-state index in [0.717, 1.165) is 5.69 Å². The van der Waals surface area contributed by atoms with Gasteiger partial charge in [-0.15, -0.1) is 0 Å². The van der Waals surface area contributed by atoms with Crippen LogP contribution in [0.4, 0.5) is 11.4 Å². The summed E-state index contributed by atoms with van der Waals surface area (Å²) in [7, 11) is 1.58. The van der Waals surface area contributed by atoms with Crippen LogP contribution >= 0.6 is 0 Å². The van der Waals surface area contributed by atoms with E-state index in [2.05, 4.69) is 5.32 Å². The molecule has 0 bridgehead atoms. The Hall–Kier alpha value is -2.88. The van der Waals surface area contributed by atoms with Crippen LogP contribution < -0.4 is 20.9 Å². The molecule has 0 saturated carbocycles. The van der Waals surface area contributed by atoms with Gasteiger partial charge in [0.15, 0.2) is 0 Å². The number of benzene rings is 2. The number of para-hydroxylation sites is 1. The van der Waals surface area contributed by atoms with Gasteiger partial charge >= 0.3 is 0 Å². The fourth-order valence-electron chi connectivity index (χ4n) is 2.21. The topological polar surface area (TPSA) is 55.4 Å². The zero-order valence-corrected chi connectivity index (χ0v) is 11.4. The van der Waals surface area contributed by atoms with Crippen LogP contribution in [0.3, 0.4) is 0 Å². The number of methoxy groups -OCH3 is 1. The standard InChI is InChI=1S/C17H13NO3/c1-21-13-9-7-11(8-10-13)14-15(17(20)16(14)19)18-12-5-3-2-4-6-12/h2-10,18H,1H3. The SMILES string of the molecule is COc1ccc(-c2c(Nc3ccccc3)c(=O)c2=O)cc1. The molecule has 104 valence electrons. The molecule has 0 radical (unpaired) electrons. The van der Waals surface area contributed by atoms with Gasteiger partial charge in [0.25, 0.3) is 5.43 Å². The van der Waals surface area contributed by atoms with Crippen molar-refractivity contribution in [1.29, 1.82) is 0 Å². The minimum atomic E-state index is -0.482. The van der Waals surface area contributed by atoms with E-state index in [1.165, 1.54) is 0 Å². The van der Waals surface area contributed by atoms with E-state index >= 15 is 0 Å². The number of ether oxygens (including phenoxy) is 1. The van der Waals surface area contributed by atoms with Crippen molar-refractivity contribution in [2.75, 3.05) is 12.4 Å². The van der Waals surface area contributed by atoms with E-state index in [-0.39, 0.29) is 0 Å². The monoisotopic (exact) mass is 279 g/mol. The van der Waals surface area contributed by atoms with Crippen molar-refractivity contribution in [3.05, 3.63) is 75.0 Å². The van der Waals surface area contributed by atoms with Crippen molar-refractivity contribution < 1.29 is 4.74 Å². The Labute approximate surface area is 121 Å². The van der Waals surface area contributed by atoms with E-state index in [1.54, 1.807) is 31.4 Å². The Bertz CT molecular complexity index is 829. The van der Waals surface area contributed by atoms with Crippen LogP contribution in [0.5, 0.6) is 5.75 Å². The second kappa shape index (κ2) is 5.25. The van der Waals surface area contributed by atoms with E-state index in [1.807, 2.05) is 30.3 Å². The van der Waals surface area contributed by atoms with E-state index in [0.29, 0.717) is 22.6 Å². The van der Waals surface area contributed by atoms with E-state index in [4.69, 9.17) is 4.74 Å². The summed E-state index contributed by atoms with van der Waals surface area (Å²) in [6, 6.07) is 16.4. The molecule has 0 aliphatic carbocycles. The molecule has 3 rings (SSSR count). The molecule has 0 aromatic heterocycles. The fraction of sp³-hybridized carbons (Fsp3) is 0.0588. The molecule has 21 heavy (non-hydrogen) atoms. The molecule has 1 N–H and O–H groups in total. The first-order valence-corrected chi connectivity index (χ1v) is 6.50. The summed E-state index contributed by atoms with van der Waals surface area (Å²) in [6.45, 7) is 0. The third-order valence-electron chi connectivity index (χ3n) is 3.33. The largest absolute Gasteiger partial charge is 0.497 e. The number of rotatable bonds is 4. The van der Waals surface area contributed by atoms with Crippen LogP contribution in [0.1, 0.15) is 0 Å². The quantitative estimate of drug-likeness (QED) is 0.746. The van der Waals surface area contributed by atoms with Crippen molar-refractivity contribution in [3.63, 3.8) is 0 Å². The predicted molar refractivity (Wildman–Crippen MR) is 83.1 cm³/mol. The van der Waals surface area contributed by atoms with Crippen LogP contribution in [-0.4, -0.2) is 7.11 Å². The average molecular weight is 279 g/mol. The zero-order chi connectivity index (χ0) is 14.8. The average Bonchev–Trinajstić information content (AvgIpc) is 2.55. The van der Waals surface area contributed by atoms with Gasteiger partial charge in [0.05, 0.1) is 12.7 Å². The molecule has 0 atom stereocenters. The Kier molecular flexibility index (Phi) is 3.28. The van der Waals surface area contributed by atoms with Gasteiger partial charge in [0, 0.05) is 5.69 Å². The second-order valence-corrected chi connectivity index (χ2v) is 4.63. The van der Waals surface area contributed by atoms with Gasteiger partial charge in [-0.3, -0.25) is 9.59 Å². The van der Waals surface area contributed by atoms with Gasteiger partial charge in [-0.05, 0) is 29.8 Å². The van der Waals surface area contributed by atoms with Gasteiger partial charge in [-0.2, -0.15) is 0 Å². The lowest BCUT2D eigenvalue weighted by atomic mass is 9.98. The zero-order valence-electron chi connectivity index (χ0n) is 11.4. The van der Waals surface area contributed by atoms with Gasteiger partial charge in [-0.25, -0.2) is 0 Å². The van der Waals surface area contributed by atoms with Crippen LogP contribution in [-0.2, 0) is 0 Å². The molecular weight excluding hydrogens is 266 g/mol. The molecule has 3 aromatic rings. The highest BCUT2D eigenvalue weighted by Crippen LogP contribution is 2.27. The molecule has 3 aromatic carbocycles. The summed E-state index contributed by atoms with van der Waals surface area (Å²) < 4.78 is 5.09. The Morgan fingerprint density at radius 3 is 2.14 bits per heavy atom. The maximum absolute atomic E-state index is 11.8. The summed E-state index contributed by atoms with van der Waals surface area (Å²) in [6.07, 6.45) is 0. The molecule has 0 aliphatic heterocycles. The third kappa shape index (κ3) is 2.31. The van der Waals surface area contributed by atoms with Gasteiger partial charge in [-0.1, -0.05) is 30.3 Å². The van der Waals surface area contributed by atoms with Gasteiger partial charge in [0.1, 0.15) is 11.4 Å². The minimum absolute atomic E-state index is 0.344. The van der Waals surface area contributed by atoms with Crippen LogP contribution in [0.25, 0.3) is 11.1 Å². The lowest BCUT2D eigenvalue weighted by Crippen LogP contribution is -2.35. The highest BCUT2D eigenvalue weighted by molar-refractivity contribution is 5.84. The normalized spacial score (nSPS) is 10.5. The molecule has 0 spiro atoms. The molecule has 0 fully saturated rings. The molecule has 0 heterocycles. The molecule has 0 saturated heterocycles. The first-order valence-electron chi connectivity index (χ1n) is 6.50. The Morgan fingerprint density at radius 2 is 1.52 bits per heavy atom. The van der Waals surface area contributed by atoms with E-state index < -0.39 is 10.9 Å². The Morgan fingerprint density at radius 1 is 0.857 bits per heavy atom. The molecular formula is C17H13NO3. The maximum Gasteiger partial charge on any atom is 0.250 e. The van der Waals surface area contributed by atoms with Crippen LogP contribution in [0, 0.1) is 0 Å². The highest BCUT2D eigenvalue weighted by atomic mass is 16.5. The smallest absolute Gasteiger partial charge is 0.250 e. The summed E-state index contributed by atoms with van der Waals surface area (Å²) in [5.41, 5.74) is 1.31. The summed E-state index contributed by atoms with van der Waals surface area (Å²) in [4.78, 5) is 23.6. The third-order valence-corrected chi connectivity index (χ3v) is 3.33. The minimum Gasteiger partial charge on any atom is -0.497 e. The van der Waals surface area contributed by atoms with Crippen molar-refractivity contribution >= 4 is 11.4 Å². The van der Waals surface area contributed by atoms with Crippen LogP contribution in [0.2, 0.25) is 0 Å². The molecule has 4 nitrogen and oxygen atoms in total. The lowest BCUT2D eigenvalue weighted by Gasteiger charge is -2.13. The highest BCUT2D eigenvalue weighted by Gasteiger charge is 2.22. The Balaban J connectivity index is 1.98. The molecule has 0 unspecified atom stereocenters. The number of hydrogen-bond donors (Lipinski definition) is 1.